The predicted molar refractivity (Wildman–Crippen MR) is 105 cm³/mol. The molecule has 1 saturated carbocycles. The minimum atomic E-state index is -0.558. The molecule has 0 unspecified atom stereocenters. The van der Waals surface area contributed by atoms with Crippen molar-refractivity contribution in [1.82, 2.24) is 0 Å². The molecule has 1 heterocycles. The van der Waals surface area contributed by atoms with Gasteiger partial charge in [-0.15, -0.1) is 0 Å². The van der Waals surface area contributed by atoms with Crippen molar-refractivity contribution in [3.8, 4) is 6.07 Å². The Balaban J connectivity index is 1.41. The minimum absolute atomic E-state index is 0.134. The molecule has 1 aromatic rings. The number of alkyl halides is 1. The Hall–Kier alpha value is -1.14. The number of unbranched alkanes of at least 4 members (excludes halogenated alkanes) is 1. The molecule has 0 amide bonds. The average molecular weight is 358 g/mol. The van der Waals surface area contributed by atoms with Crippen LogP contribution in [-0.4, -0.2) is 15.5 Å². The van der Waals surface area contributed by atoms with E-state index >= 15 is 0 Å². The zero-order valence-corrected chi connectivity index (χ0v) is 16.6. The van der Waals surface area contributed by atoms with Crippen molar-refractivity contribution >= 4 is 8.80 Å². The van der Waals surface area contributed by atoms with Crippen molar-refractivity contribution in [2.24, 2.45) is 5.92 Å². The zero-order chi connectivity index (χ0) is 17.5. The van der Waals surface area contributed by atoms with Crippen LogP contribution in [0.4, 0.5) is 4.39 Å². The maximum Gasteiger partial charge on any atom is 0.0991 e. The molecule has 0 aromatic heterocycles. The maximum absolute atomic E-state index is 12.2. The van der Waals surface area contributed by atoms with Gasteiger partial charge in [0, 0.05) is 8.80 Å². The highest BCUT2D eigenvalue weighted by atomic mass is 28.3. The first-order valence-electron chi connectivity index (χ1n) is 10.4. The van der Waals surface area contributed by atoms with Crippen LogP contribution in [0.5, 0.6) is 0 Å². The normalized spacial score (nSPS) is 29.9. The van der Waals surface area contributed by atoms with Gasteiger partial charge in [0.05, 0.1) is 18.3 Å². The van der Waals surface area contributed by atoms with Crippen LogP contribution in [0.3, 0.4) is 0 Å². The van der Waals surface area contributed by atoms with Gasteiger partial charge in [-0.3, -0.25) is 4.39 Å². The predicted octanol–water partition coefficient (Wildman–Crippen LogP) is 6.36. The summed E-state index contributed by atoms with van der Waals surface area (Å²) in [5.74, 6) is 1.63. The van der Waals surface area contributed by atoms with Crippen molar-refractivity contribution < 1.29 is 4.39 Å². The van der Waals surface area contributed by atoms with E-state index in [9.17, 15) is 4.39 Å². The molecule has 2 fully saturated rings. The fourth-order valence-corrected chi connectivity index (χ4v) is 9.45. The van der Waals surface area contributed by atoms with E-state index in [1.54, 1.807) is 0 Å². The summed E-state index contributed by atoms with van der Waals surface area (Å²) >= 11 is 0. The summed E-state index contributed by atoms with van der Waals surface area (Å²) in [5, 5.41) is 8.94. The van der Waals surface area contributed by atoms with Gasteiger partial charge in [-0.1, -0.05) is 62.7 Å². The Labute approximate surface area is 154 Å². The summed E-state index contributed by atoms with van der Waals surface area (Å²) in [6, 6.07) is 13.5. The van der Waals surface area contributed by atoms with Crippen molar-refractivity contribution in [1.29, 1.82) is 5.26 Å². The molecule has 136 valence electrons. The van der Waals surface area contributed by atoms with Crippen LogP contribution in [0.25, 0.3) is 0 Å². The van der Waals surface area contributed by atoms with Gasteiger partial charge in [0.2, 0.25) is 0 Å². The highest BCUT2D eigenvalue weighted by Gasteiger charge is 2.32. The van der Waals surface area contributed by atoms with E-state index in [0.29, 0.717) is 0 Å². The average Bonchev–Trinajstić information content (AvgIpc) is 2.69. The molecule has 1 aliphatic heterocycles. The van der Waals surface area contributed by atoms with Crippen LogP contribution in [0, 0.1) is 17.2 Å². The molecule has 0 bridgehead atoms. The number of rotatable bonds is 6. The van der Waals surface area contributed by atoms with Crippen LogP contribution in [-0.2, 0) is 0 Å². The molecule has 2 aliphatic rings. The Bertz CT molecular complexity index is 548. The van der Waals surface area contributed by atoms with E-state index < -0.39 is 8.80 Å². The molecular formula is C22H32FNSi. The monoisotopic (exact) mass is 357 g/mol. The summed E-state index contributed by atoms with van der Waals surface area (Å²) in [7, 11) is -0.558. The smallest absolute Gasteiger partial charge is 0.0991 e. The van der Waals surface area contributed by atoms with E-state index in [2.05, 4.69) is 18.2 Å². The van der Waals surface area contributed by atoms with Crippen molar-refractivity contribution in [3.05, 3.63) is 35.4 Å². The number of benzene rings is 1. The lowest BCUT2D eigenvalue weighted by molar-refractivity contribution is 0.318. The second kappa shape index (κ2) is 9.53. The number of nitrogens with zero attached hydrogens (tertiary/aromatic N) is 1. The van der Waals surface area contributed by atoms with Gasteiger partial charge in [0.1, 0.15) is 0 Å². The van der Waals surface area contributed by atoms with Crippen molar-refractivity contribution in [2.45, 2.75) is 81.3 Å². The summed E-state index contributed by atoms with van der Waals surface area (Å²) in [4.78, 5) is 0. The second-order valence-electron chi connectivity index (χ2n) is 8.31. The lowest BCUT2D eigenvalue weighted by atomic mass is 9.85. The van der Waals surface area contributed by atoms with E-state index in [-0.39, 0.29) is 6.67 Å². The van der Waals surface area contributed by atoms with Crippen molar-refractivity contribution in [3.63, 3.8) is 0 Å². The molecule has 1 saturated heterocycles. The van der Waals surface area contributed by atoms with Gasteiger partial charge in [-0.25, -0.2) is 0 Å². The lowest BCUT2D eigenvalue weighted by Gasteiger charge is -2.37. The van der Waals surface area contributed by atoms with Crippen LogP contribution in [0.2, 0.25) is 17.6 Å². The quantitative estimate of drug-likeness (QED) is 0.429. The first-order valence-corrected chi connectivity index (χ1v) is 12.7. The highest BCUT2D eigenvalue weighted by Crippen LogP contribution is 2.43. The van der Waals surface area contributed by atoms with Crippen LogP contribution >= 0.6 is 0 Å². The molecule has 3 heteroatoms. The summed E-state index contributed by atoms with van der Waals surface area (Å²) in [6.07, 6.45) is 11.7. The molecule has 0 atom stereocenters. The molecule has 0 radical (unpaired) electrons. The third kappa shape index (κ3) is 5.17. The fraction of sp³-hybridized carbons (Fsp3) is 0.682. The summed E-state index contributed by atoms with van der Waals surface area (Å²) in [5.41, 5.74) is 3.30. The first-order chi connectivity index (χ1) is 12.3. The topological polar surface area (TPSA) is 23.8 Å². The maximum atomic E-state index is 12.2. The SMILES string of the molecule is N#Cc1ccc(C2CC[SiH](C3CCC(CCCCF)CC3)CC2)cc1. The Kier molecular flexibility index (Phi) is 7.10. The number of nitriles is 1. The largest absolute Gasteiger partial charge is 0.251 e. The van der Waals surface area contributed by atoms with E-state index in [1.165, 1.54) is 62.6 Å². The van der Waals surface area contributed by atoms with Gasteiger partial charge in [0.15, 0.2) is 0 Å². The van der Waals surface area contributed by atoms with Gasteiger partial charge >= 0.3 is 0 Å². The Morgan fingerprint density at radius 2 is 1.64 bits per heavy atom. The standard InChI is InChI=1S/C22H32FNSi/c23-14-2-1-3-18-6-10-22(11-7-18)25-15-12-21(13-16-25)20-8-4-19(17-24)5-9-20/h4-5,8-9,18,21-22,25H,1-3,6-7,10-16H2. The van der Waals surface area contributed by atoms with Crippen LogP contribution in [0.15, 0.2) is 24.3 Å². The first kappa shape index (κ1) is 18.6. The molecule has 1 aliphatic carbocycles. The Morgan fingerprint density at radius 3 is 2.24 bits per heavy atom. The number of halogens is 1. The van der Waals surface area contributed by atoms with Gasteiger partial charge in [-0.2, -0.15) is 5.26 Å². The molecule has 3 rings (SSSR count). The second-order valence-corrected chi connectivity index (χ2v) is 11.9. The van der Waals surface area contributed by atoms with Gasteiger partial charge < -0.3 is 0 Å². The third-order valence-electron chi connectivity index (χ3n) is 6.84. The van der Waals surface area contributed by atoms with E-state index in [0.717, 1.165) is 35.8 Å². The minimum Gasteiger partial charge on any atom is -0.251 e. The van der Waals surface area contributed by atoms with Gasteiger partial charge in [0.25, 0.3) is 0 Å². The molecule has 1 aromatic carbocycles. The van der Waals surface area contributed by atoms with Crippen LogP contribution in [0.1, 0.15) is 74.8 Å². The van der Waals surface area contributed by atoms with Gasteiger partial charge in [-0.05, 0) is 54.3 Å². The highest BCUT2D eigenvalue weighted by molar-refractivity contribution is 6.60. The van der Waals surface area contributed by atoms with Crippen LogP contribution < -0.4 is 0 Å². The number of hydrogen-bond acceptors (Lipinski definition) is 1. The number of hydrogen-bond donors (Lipinski definition) is 0. The Morgan fingerprint density at radius 1 is 0.960 bits per heavy atom. The third-order valence-corrected chi connectivity index (χ3v) is 11.0. The van der Waals surface area contributed by atoms with E-state index in [1.807, 2.05) is 12.1 Å². The van der Waals surface area contributed by atoms with E-state index in [4.69, 9.17) is 5.26 Å². The molecule has 25 heavy (non-hydrogen) atoms. The fourth-order valence-electron chi connectivity index (χ4n) is 5.23. The summed E-state index contributed by atoms with van der Waals surface area (Å²) in [6.45, 7) is -0.134. The lowest BCUT2D eigenvalue weighted by Crippen LogP contribution is -2.29. The molecule has 0 spiro atoms. The van der Waals surface area contributed by atoms with Crippen molar-refractivity contribution in [2.75, 3.05) is 6.67 Å². The molecular weight excluding hydrogens is 325 g/mol. The zero-order valence-electron chi connectivity index (χ0n) is 15.4. The molecule has 0 N–H and O–H groups in total. The summed E-state index contributed by atoms with van der Waals surface area (Å²) < 4.78 is 12.2. The molecule has 1 nitrogen and oxygen atoms in total.